The summed E-state index contributed by atoms with van der Waals surface area (Å²) in [5.41, 5.74) is 7.26. The lowest BCUT2D eigenvalue weighted by atomic mass is 9.84. The summed E-state index contributed by atoms with van der Waals surface area (Å²) >= 11 is 0. The van der Waals surface area contributed by atoms with Gasteiger partial charge in [0.1, 0.15) is 0 Å². The Morgan fingerprint density at radius 1 is 0.730 bits per heavy atom. The number of hydrogen-bond donors (Lipinski definition) is 0. The predicted molar refractivity (Wildman–Crippen MR) is 188 cm³/mol. The van der Waals surface area contributed by atoms with Gasteiger partial charge in [0, 0.05) is 0 Å². The average molecular weight is 527 g/mol. The Kier molecular flexibility index (Phi) is 73.0. The Bertz CT molecular complexity index is 485. The molecule has 230 valence electrons. The third-order valence-electron chi connectivity index (χ3n) is 5.12. The number of benzene rings is 1. The van der Waals surface area contributed by atoms with Crippen LogP contribution in [0.2, 0.25) is 0 Å². The van der Waals surface area contributed by atoms with Crippen molar-refractivity contribution >= 4 is 5.57 Å². The maximum Gasteiger partial charge on any atom is -0.0162 e. The molecule has 0 spiro atoms. The van der Waals surface area contributed by atoms with Crippen LogP contribution in [0.25, 0.3) is 5.57 Å². The summed E-state index contributed by atoms with van der Waals surface area (Å²) in [4.78, 5) is 0. The number of allylic oxidation sites excluding steroid dienone is 1. The molecule has 0 bridgehead atoms. The maximum absolute atomic E-state index is 4.30. The summed E-state index contributed by atoms with van der Waals surface area (Å²) in [5.74, 6) is 1.37. The minimum absolute atomic E-state index is 0. The molecular weight excluding hydrogens is 444 g/mol. The topological polar surface area (TPSA) is 0 Å². The van der Waals surface area contributed by atoms with E-state index in [0.29, 0.717) is 5.92 Å². The summed E-state index contributed by atoms with van der Waals surface area (Å²) in [7, 11) is 0. The van der Waals surface area contributed by atoms with E-state index in [0.717, 1.165) is 12.3 Å². The minimum Gasteiger partial charge on any atom is -0.0952 e. The zero-order chi connectivity index (χ0) is 29.4. The summed E-state index contributed by atoms with van der Waals surface area (Å²) in [6, 6.07) is 4.89. The fourth-order valence-corrected chi connectivity index (χ4v) is 3.57. The van der Waals surface area contributed by atoms with Gasteiger partial charge in [-0.25, -0.2) is 0 Å². The molecular formula is C37H82. The van der Waals surface area contributed by atoms with Crippen molar-refractivity contribution in [2.24, 2.45) is 0 Å². The van der Waals surface area contributed by atoms with Crippen molar-refractivity contribution in [2.45, 2.75) is 196 Å². The van der Waals surface area contributed by atoms with Crippen molar-refractivity contribution < 1.29 is 0 Å². The molecule has 1 aliphatic carbocycles. The molecule has 0 saturated heterocycles. The van der Waals surface area contributed by atoms with Gasteiger partial charge in [-0.15, -0.1) is 0 Å². The van der Waals surface area contributed by atoms with Crippen LogP contribution in [0.5, 0.6) is 0 Å². The molecule has 1 aromatic rings. The largest absolute Gasteiger partial charge is 0.0952 e. The van der Waals surface area contributed by atoms with Crippen LogP contribution in [0, 0.1) is 6.92 Å². The predicted octanol–water partition coefficient (Wildman–Crippen LogP) is 15.4. The molecule has 1 aromatic carbocycles. The van der Waals surface area contributed by atoms with Crippen molar-refractivity contribution in [1.82, 2.24) is 0 Å². The van der Waals surface area contributed by atoms with Gasteiger partial charge in [-0.2, -0.15) is 0 Å². The smallest absolute Gasteiger partial charge is 0.0162 e. The Morgan fingerprint density at radius 3 is 1.35 bits per heavy atom. The van der Waals surface area contributed by atoms with Crippen molar-refractivity contribution in [3.8, 4) is 0 Å². The molecule has 0 heterocycles. The highest BCUT2D eigenvalue weighted by Crippen LogP contribution is 2.38. The van der Waals surface area contributed by atoms with Crippen molar-refractivity contribution in [3.05, 3.63) is 41.0 Å². The lowest BCUT2D eigenvalue weighted by molar-refractivity contribution is 0.719. The first-order valence-corrected chi connectivity index (χ1v) is 15.8. The molecule has 0 amide bonds. The molecule has 1 saturated carbocycles. The lowest BCUT2D eigenvalue weighted by Crippen LogP contribution is -2.03. The minimum atomic E-state index is 0. The van der Waals surface area contributed by atoms with Gasteiger partial charge < -0.3 is 0 Å². The van der Waals surface area contributed by atoms with E-state index in [2.05, 4.69) is 60.3 Å². The van der Waals surface area contributed by atoms with Gasteiger partial charge in [0.25, 0.3) is 0 Å². The zero-order valence-electron chi connectivity index (χ0n) is 28.5. The molecule has 2 rings (SSSR count). The van der Waals surface area contributed by atoms with Crippen LogP contribution >= 0.6 is 0 Å². The van der Waals surface area contributed by atoms with E-state index in [1.807, 2.05) is 83.1 Å². The van der Waals surface area contributed by atoms with Crippen molar-refractivity contribution in [2.75, 3.05) is 0 Å². The first kappa shape index (κ1) is 56.2. The fraction of sp³-hybridized carbons (Fsp3) is 0.784. The summed E-state index contributed by atoms with van der Waals surface area (Å²) < 4.78 is 0. The van der Waals surface area contributed by atoms with Crippen LogP contribution in [-0.2, 0) is 0 Å². The van der Waals surface area contributed by atoms with Crippen LogP contribution in [-0.4, -0.2) is 0 Å². The van der Waals surface area contributed by atoms with E-state index in [4.69, 9.17) is 0 Å². The van der Waals surface area contributed by atoms with Gasteiger partial charge in [-0.1, -0.05) is 177 Å². The summed E-state index contributed by atoms with van der Waals surface area (Å²) in [5, 5.41) is 0. The Balaban J connectivity index is -0.0000000664. The highest BCUT2D eigenvalue weighted by Gasteiger charge is 2.20. The second-order valence-electron chi connectivity index (χ2n) is 7.39. The average Bonchev–Trinajstić information content (AvgIpc) is 3.49. The third kappa shape index (κ3) is 27.8. The molecule has 0 N–H and O–H groups in total. The molecule has 0 aliphatic heterocycles. The van der Waals surface area contributed by atoms with Crippen LogP contribution in [0.4, 0.5) is 0 Å². The number of rotatable bonds is 5. The third-order valence-corrected chi connectivity index (χ3v) is 5.12. The molecule has 0 atom stereocenters. The molecule has 0 heteroatoms. The van der Waals surface area contributed by atoms with Crippen LogP contribution in [0.15, 0.2) is 18.7 Å². The molecule has 37 heavy (non-hydrogen) atoms. The standard InChI is InChI=1S/C19H28.C4H10.6C2H6.2CH4/c1-6-14(4)18-12-17(16-9-7-8-10-16)11-15(5)19(18)13(2)3;1-3-4-2;6*1-2;;/h11-13,16H,4,6-10H2,1-3,5H3;3-4H2,1-2H3;6*1-2H3;2*1H4. The highest BCUT2D eigenvalue weighted by molar-refractivity contribution is 5.69. The van der Waals surface area contributed by atoms with E-state index in [-0.39, 0.29) is 14.9 Å². The van der Waals surface area contributed by atoms with Gasteiger partial charge in [0.15, 0.2) is 0 Å². The molecule has 1 aliphatic rings. The number of unbranched alkanes of at least 4 members (excludes halogenated alkanes) is 1. The molecule has 0 aromatic heterocycles. The fourth-order valence-electron chi connectivity index (χ4n) is 3.57. The first-order valence-electron chi connectivity index (χ1n) is 15.8. The van der Waals surface area contributed by atoms with Gasteiger partial charge in [-0.05, 0) is 65.8 Å². The highest BCUT2D eigenvalue weighted by atomic mass is 14.3. The van der Waals surface area contributed by atoms with E-state index in [9.17, 15) is 0 Å². The Morgan fingerprint density at radius 2 is 1.08 bits per heavy atom. The van der Waals surface area contributed by atoms with Gasteiger partial charge in [0.05, 0.1) is 0 Å². The molecule has 0 unspecified atom stereocenters. The monoisotopic (exact) mass is 527 g/mol. The Hall–Kier alpha value is -1.04. The van der Waals surface area contributed by atoms with Crippen molar-refractivity contribution in [1.29, 1.82) is 0 Å². The number of aryl methyl sites for hydroxylation is 1. The zero-order valence-corrected chi connectivity index (χ0v) is 28.5. The van der Waals surface area contributed by atoms with Crippen LogP contribution < -0.4 is 0 Å². The molecule has 1 fully saturated rings. The molecule has 0 radical (unpaired) electrons. The van der Waals surface area contributed by atoms with Crippen LogP contribution in [0.1, 0.15) is 212 Å². The molecule has 0 nitrogen and oxygen atoms in total. The SMILES string of the molecule is C.C.C=C(CC)c1cc(C2CCCC2)cc(C)c1C(C)C.CC.CC.CC.CC.CC.CC.CCCC. The lowest BCUT2D eigenvalue weighted by Gasteiger charge is -2.21. The maximum atomic E-state index is 4.30. The second kappa shape index (κ2) is 48.1. The number of hydrogen-bond acceptors (Lipinski definition) is 0. The second-order valence-corrected chi connectivity index (χ2v) is 7.39. The first-order chi connectivity index (χ1) is 17.0. The van der Waals surface area contributed by atoms with E-state index >= 15 is 0 Å². The van der Waals surface area contributed by atoms with Gasteiger partial charge >= 0.3 is 0 Å². The van der Waals surface area contributed by atoms with E-state index in [1.165, 1.54) is 60.8 Å². The Labute approximate surface area is 242 Å². The van der Waals surface area contributed by atoms with Crippen LogP contribution in [0.3, 0.4) is 0 Å². The van der Waals surface area contributed by atoms with Crippen molar-refractivity contribution in [3.63, 3.8) is 0 Å². The van der Waals surface area contributed by atoms with Gasteiger partial charge in [0.2, 0.25) is 0 Å². The summed E-state index contributed by atoms with van der Waals surface area (Å²) in [6.45, 7) is 41.7. The van der Waals surface area contributed by atoms with E-state index < -0.39 is 0 Å². The summed E-state index contributed by atoms with van der Waals surface area (Å²) in [6.07, 6.45) is 9.24. The normalized spacial score (nSPS) is 10.1. The quantitative estimate of drug-likeness (QED) is 0.358. The van der Waals surface area contributed by atoms with Gasteiger partial charge in [-0.3, -0.25) is 0 Å². The van der Waals surface area contributed by atoms with E-state index in [1.54, 1.807) is 5.56 Å².